The summed E-state index contributed by atoms with van der Waals surface area (Å²) >= 11 is 0. The van der Waals surface area contributed by atoms with E-state index in [1.165, 1.54) is 24.6 Å². The van der Waals surface area contributed by atoms with Crippen LogP contribution in [0.5, 0.6) is 0 Å². The Morgan fingerprint density at radius 2 is 1.66 bits per heavy atom. The highest BCUT2D eigenvalue weighted by molar-refractivity contribution is 6.02. The van der Waals surface area contributed by atoms with Crippen molar-refractivity contribution in [1.29, 1.82) is 0 Å². The molecule has 29 heavy (non-hydrogen) atoms. The van der Waals surface area contributed by atoms with E-state index < -0.39 is 17.8 Å². The lowest BCUT2D eigenvalue weighted by atomic mass is 9.74. The van der Waals surface area contributed by atoms with Crippen LogP contribution in [0, 0.1) is 11.8 Å². The molecule has 1 saturated carbocycles. The van der Waals surface area contributed by atoms with E-state index in [1.807, 2.05) is 18.2 Å². The van der Waals surface area contributed by atoms with E-state index in [1.54, 1.807) is 0 Å². The topological polar surface area (TPSA) is 47.0 Å². The number of carbonyl (C=O) groups is 2. The normalized spacial score (nSPS) is 20.8. The maximum Gasteiger partial charge on any atom is 0.433 e. The van der Waals surface area contributed by atoms with Crippen LogP contribution in [0.15, 0.2) is 48.5 Å². The van der Waals surface area contributed by atoms with E-state index in [0.717, 1.165) is 18.9 Å². The number of nitrogens with zero attached hydrogens (tertiary/aromatic N) is 1. The summed E-state index contributed by atoms with van der Waals surface area (Å²) in [5.41, 5.74) is 0.370. The van der Waals surface area contributed by atoms with Gasteiger partial charge in [-0.05, 0) is 56.2 Å². The Labute approximate surface area is 168 Å². The van der Waals surface area contributed by atoms with Gasteiger partial charge in [0.05, 0.1) is 5.92 Å². The highest BCUT2D eigenvalue weighted by Crippen LogP contribution is 2.37. The minimum atomic E-state index is -4.55. The molecule has 1 heterocycles. The fourth-order valence-electron chi connectivity index (χ4n) is 4.13. The van der Waals surface area contributed by atoms with Crippen molar-refractivity contribution in [3.63, 3.8) is 0 Å². The Morgan fingerprint density at radius 1 is 1.00 bits per heavy atom. The molecule has 1 aromatic heterocycles. The van der Waals surface area contributed by atoms with Gasteiger partial charge in [0.1, 0.15) is 17.3 Å². The Hall–Kier alpha value is -2.50. The van der Waals surface area contributed by atoms with Crippen LogP contribution in [0.4, 0.5) is 13.2 Å². The van der Waals surface area contributed by atoms with Crippen molar-refractivity contribution in [1.82, 2.24) is 4.98 Å². The monoisotopic (exact) mass is 403 g/mol. The van der Waals surface area contributed by atoms with E-state index in [-0.39, 0.29) is 29.6 Å². The van der Waals surface area contributed by atoms with Crippen molar-refractivity contribution in [3.05, 3.63) is 65.5 Å². The molecule has 2 aromatic rings. The van der Waals surface area contributed by atoms with Crippen LogP contribution in [-0.4, -0.2) is 16.6 Å². The molecular formula is C23H24F3NO2. The summed E-state index contributed by atoms with van der Waals surface area (Å²) in [7, 11) is 0. The maximum atomic E-state index is 13.0. The second-order valence-electron chi connectivity index (χ2n) is 7.74. The average molecular weight is 403 g/mol. The Morgan fingerprint density at radius 3 is 2.24 bits per heavy atom. The number of ketones is 2. The van der Waals surface area contributed by atoms with Crippen LogP contribution in [-0.2, 0) is 22.2 Å². The summed E-state index contributed by atoms with van der Waals surface area (Å²) < 4.78 is 38.7. The summed E-state index contributed by atoms with van der Waals surface area (Å²) in [5.74, 6) is -1.25. The lowest BCUT2D eigenvalue weighted by molar-refractivity contribution is -0.141. The molecular weight excluding hydrogens is 379 g/mol. The number of hydrogen-bond acceptors (Lipinski definition) is 3. The summed E-state index contributed by atoms with van der Waals surface area (Å²) in [6.07, 6.45) is -1.52. The molecule has 1 aromatic carbocycles. The molecule has 6 heteroatoms. The van der Waals surface area contributed by atoms with Gasteiger partial charge in [0.2, 0.25) is 0 Å². The Balaban J connectivity index is 1.67. The molecule has 0 amide bonds. The third-order valence-corrected chi connectivity index (χ3v) is 5.75. The van der Waals surface area contributed by atoms with Crippen LogP contribution in [0.1, 0.15) is 55.5 Å². The van der Waals surface area contributed by atoms with Gasteiger partial charge >= 0.3 is 6.18 Å². The smallest absolute Gasteiger partial charge is 0.299 e. The van der Waals surface area contributed by atoms with Crippen LogP contribution >= 0.6 is 0 Å². The summed E-state index contributed by atoms with van der Waals surface area (Å²) in [6.45, 7) is 1.33. The summed E-state index contributed by atoms with van der Waals surface area (Å²) in [5, 5.41) is 0. The first-order valence-corrected chi connectivity index (χ1v) is 9.88. The van der Waals surface area contributed by atoms with Crippen LogP contribution in [0.2, 0.25) is 0 Å². The number of aromatic nitrogens is 1. The van der Waals surface area contributed by atoms with E-state index in [2.05, 4.69) is 17.1 Å². The third-order valence-electron chi connectivity index (χ3n) is 5.75. The third kappa shape index (κ3) is 5.31. The molecule has 1 unspecified atom stereocenters. The Bertz CT molecular complexity index is 856. The van der Waals surface area contributed by atoms with E-state index >= 15 is 0 Å². The zero-order valence-corrected chi connectivity index (χ0v) is 16.3. The number of Topliss-reactive ketones (excluding diaryl/α,β-unsaturated/α-hetero) is 2. The van der Waals surface area contributed by atoms with Crippen molar-refractivity contribution < 1.29 is 22.8 Å². The molecule has 1 aliphatic carbocycles. The van der Waals surface area contributed by atoms with Crippen LogP contribution in [0.25, 0.3) is 0 Å². The molecule has 1 fully saturated rings. The van der Waals surface area contributed by atoms with Gasteiger partial charge in [0.25, 0.3) is 0 Å². The van der Waals surface area contributed by atoms with E-state index in [9.17, 15) is 22.8 Å². The van der Waals surface area contributed by atoms with Gasteiger partial charge in [-0.2, -0.15) is 13.2 Å². The first kappa shape index (κ1) is 21.2. The number of carbonyl (C=O) groups excluding carboxylic acids is 2. The molecule has 0 bridgehead atoms. The minimum absolute atomic E-state index is 0.0866. The van der Waals surface area contributed by atoms with E-state index in [0.29, 0.717) is 18.8 Å². The van der Waals surface area contributed by atoms with Gasteiger partial charge in [-0.25, -0.2) is 4.98 Å². The predicted molar refractivity (Wildman–Crippen MR) is 103 cm³/mol. The molecule has 3 rings (SSSR count). The lowest BCUT2D eigenvalue weighted by Gasteiger charge is -2.29. The van der Waals surface area contributed by atoms with Gasteiger partial charge in [-0.3, -0.25) is 9.59 Å². The molecule has 1 aliphatic rings. The van der Waals surface area contributed by atoms with Gasteiger partial charge in [-0.1, -0.05) is 36.4 Å². The number of benzene rings is 1. The standard InChI is InChI=1S/C23H24F3NO2/c1-15(28)20(14-19-8-5-9-21(27-19)23(24,25)26)22(29)18-12-10-17(11-13-18)16-6-3-2-4-7-16/h2-9,17-18,20H,10-14H2,1H3/t17-,18-,20?. The molecule has 0 radical (unpaired) electrons. The molecule has 0 spiro atoms. The zero-order chi connectivity index (χ0) is 21.0. The number of pyridine rings is 1. The number of hydrogen-bond donors (Lipinski definition) is 0. The first-order chi connectivity index (χ1) is 13.8. The first-order valence-electron chi connectivity index (χ1n) is 9.88. The average Bonchev–Trinajstić information content (AvgIpc) is 2.72. The second-order valence-corrected chi connectivity index (χ2v) is 7.74. The highest BCUT2D eigenvalue weighted by Gasteiger charge is 2.35. The molecule has 0 N–H and O–H groups in total. The maximum absolute atomic E-state index is 13.0. The number of alkyl halides is 3. The minimum Gasteiger partial charge on any atom is -0.299 e. The van der Waals surface area contributed by atoms with Crippen LogP contribution in [0.3, 0.4) is 0 Å². The van der Waals surface area contributed by atoms with Gasteiger partial charge in [-0.15, -0.1) is 0 Å². The van der Waals surface area contributed by atoms with Crippen molar-refractivity contribution in [2.75, 3.05) is 0 Å². The summed E-state index contributed by atoms with van der Waals surface area (Å²) in [4.78, 5) is 28.7. The quantitative estimate of drug-likeness (QED) is 0.608. The Kier molecular flexibility index (Phi) is 6.50. The zero-order valence-electron chi connectivity index (χ0n) is 16.3. The fraction of sp³-hybridized carbons (Fsp3) is 0.435. The fourth-order valence-corrected chi connectivity index (χ4v) is 4.13. The van der Waals surface area contributed by atoms with Gasteiger partial charge in [0, 0.05) is 18.0 Å². The number of rotatable bonds is 6. The van der Waals surface area contributed by atoms with E-state index in [4.69, 9.17) is 0 Å². The highest BCUT2D eigenvalue weighted by atomic mass is 19.4. The van der Waals surface area contributed by atoms with Crippen molar-refractivity contribution in [2.24, 2.45) is 11.8 Å². The summed E-state index contributed by atoms with van der Waals surface area (Å²) in [6, 6.07) is 13.7. The van der Waals surface area contributed by atoms with Crippen LogP contribution < -0.4 is 0 Å². The predicted octanol–water partition coefficient (Wildman–Crippen LogP) is 5.39. The second kappa shape index (κ2) is 8.89. The van der Waals surface area contributed by atoms with Crippen molar-refractivity contribution in [3.8, 4) is 0 Å². The van der Waals surface area contributed by atoms with Gasteiger partial charge in [0.15, 0.2) is 0 Å². The van der Waals surface area contributed by atoms with Gasteiger partial charge < -0.3 is 0 Å². The lowest BCUT2D eigenvalue weighted by Crippen LogP contribution is -2.32. The molecule has 3 nitrogen and oxygen atoms in total. The molecule has 1 atom stereocenters. The molecule has 0 saturated heterocycles. The largest absolute Gasteiger partial charge is 0.433 e. The van der Waals surface area contributed by atoms with Crippen molar-refractivity contribution in [2.45, 2.75) is 51.1 Å². The van der Waals surface area contributed by atoms with Crippen molar-refractivity contribution >= 4 is 11.6 Å². The molecule has 154 valence electrons. The number of halogens is 3. The molecule has 0 aliphatic heterocycles. The SMILES string of the molecule is CC(=O)C(Cc1cccc(C(F)(F)F)n1)C(=O)[C@H]1CC[C@H](c2ccccc2)CC1.